The van der Waals surface area contributed by atoms with Crippen LogP contribution in [0.25, 0.3) is 33.6 Å². The maximum Gasteiger partial charge on any atom is 0.429 e. The number of hydrogen-bond donors (Lipinski definition) is 0. The van der Waals surface area contributed by atoms with Crippen LogP contribution in [0, 0.1) is 23.3 Å². The molecule has 0 atom stereocenters. The molecule has 4 aromatic carbocycles. The summed E-state index contributed by atoms with van der Waals surface area (Å²) in [5.74, 6) is -4.79. The molecule has 0 saturated heterocycles. The minimum Gasteiger partial charge on any atom is -0.429 e. The fourth-order valence-electron chi connectivity index (χ4n) is 4.61. The molecule has 0 bridgehead atoms. The molecule has 0 aliphatic carbocycles. The Balaban J connectivity index is 1.31. The Labute approximate surface area is 244 Å². The van der Waals surface area contributed by atoms with Gasteiger partial charge in [-0.2, -0.15) is 8.78 Å². The molecule has 3 nitrogen and oxygen atoms in total. The van der Waals surface area contributed by atoms with Gasteiger partial charge in [0, 0.05) is 29.6 Å². The first-order chi connectivity index (χ1) is 20.6. The van der Waals surface area contributed by atoms with E-state index in [9.17, 15) is 22.0 Å². The molecule has 43 heavy (non-hydrogen) atoms. The zero-order valence-corrected chi connectivity index (χ0v) is 23.1. The lowest BCUT2D eigenvalue weighted by molar-refractivity contribution is -0.187. The Morgan fingerprint density at radius 1 is 0.628 bits per heavy atom. The number of benzene rings is 4. The van der Waals surface area contributed by atoms with E-state index in [1.807, 2.05) is 36.7 Å². The minimum atomic E-state index is -4.21. The summed E-state index contributed by atoms with van der Waals surface area (Å²) in [5, 5.41) is 0. The summed E-state index contributed by atoms with van der Waals surface area (Å²) in [7, 11) is 0. The molecule has 0 fully saturated rings. The third-order valence-electron chi connectivity index (χ3n) is 6.95. The predicted octanol–water partition coefficient (Wildman–Crippen LogP) is 9.89. The minimum absolute atomic E-state index is 0.00286. The van der Waals surface area contributed by atoms with E-state index in [1.54, 1.807) is 6.07 Å². The molecule has 0 spiro atoms. The normalized spacial score (nSPS) is 11.5. The zero-order valence-electron chi connectivity index (χ0n) is 23.1. The Kier molecular flexibility index (Phi) is 8.80. The number of unbranched alkanes of at least 4 members (excludes halogenated alkanes) is 2. The van der Waals surface area contributed by atoms with Crippen molar-refractivity contribution in [1.29, 1.82) is 0 Å². The summed E-state index contributed by atoms with van der Waals surface area (Å²) < 4.78 is 90.1. The fourth-order valence-corrected chi connectivity index (χ4v) is 4.61. The summed E-state index contributed by atoms with van der Waals surface area (Å²) in [6.07, 6.45) is 3.79. The lowest BCUT2D eigenvalue weighted by atomic mass is 9.98. The van der Waals surface area contributed by atoms with Crippen LogP contribution in [0.15, 0.2) is 91.3 Å². The van der Waals surface area contributed by atoms with Gasteiger partial charge in [-0.1, -0.05) is 62.2 Å². The van der Waals surface area contributed by atoms with Crippen LogP contribution in [-0.2, 0) is 12.5 Å². The molecular formula is C34H26F6N2O. The number of ether oxygens (including phenoxy) is 1. The van der Waals surface area contributed by atoms with E-state index < -0.39 is 40.7 Å². The van der Waals surface area contributed by atoms with Crippen molar-refractivity contribution in [2.45, 2.75) is 38.7 Å². The van der Waals surface area contributed by atoms with Gasteiger partial charge in [0.15, 0.2) is 17.5 Å². The van der Waals surface area contributed by atoms with Crippen molar-refractivity contribution >= 4 is 0 Å². The van der Waals surface area contributed by atoms with Gasteiger partial charge in [0.05, 0.1) is 5.56 Å². The van der Waals surface area contributed by atoms with E-state index in [0.717, 1.165) is 66.6 Å². The van der Waals surface area contributed by atoms with E-state index in [0.29, 0.717) is 23.5 Å². The topological polar surface area (TPSA) is 35.0 Å². The predicted molar refractivity (Wildman–Crippen MR) is 152 cm³/mol. The average molecular weight is 593 g/mol. The highest BCUT2D eigenvalue weighted by Gasteiger charge is 2.38. The fraction of sp³-hybridized carbons (Fsp3) is 0.176. The molecule has 5 aromatic rings. The first kappa shape index (κ1) is 29.8. The van der Waals surface area contributed by atoms with Crippen molar-refractivity contribution < 1.29 is 31.1 Å². The van der Waals surface area contributed by atoms with E-state index in [4.69, 9.17) is 0 Å². The second-order valence-corrected chi connectivity index (χ2v) is 10.0. The van der Waals surface area contributed by atoms with Crippen molar-refractivity contribution in [3.63, 3.8) is 0 Å². The van der Waals surface area contributed by atoms with Crippen LogP contribution in [0.4, 0.5) is 26.3 Å². The first-order valence-corrected chi connectivity index (χ1v) is 13.7. The lowest BCUT2D eigenvalue weighted by Gasteiger charge is -2.19. The van der Waals surface area contributed by atoms with E-state index in [-0.39, 0.29) is 11.1 Å². The Bertz CT molecular complexity index is 1720. The maximum atomic E-state index is 15.2. The molecule has 0 aliphatic heterocycles. The maximum absolute atomic E-state index is 15.2. The van der Waals surface area contributed by atoms with Crippen LogP contribution >= 0.6 is 0 Å². The molecule has 0 aliphatic rings. The van der Waals surface area contributed by atoms with Gasteiger partial charge in [-0.05, 0) is 65.4 Å². The molecule has 220 valence electrons. The van der Waals surface area contributed by atoms with Crippen LogP contribution < -0.4 is 4.74 Å². The van der Waals surface area contributed by atoms with Crippen LogP contribution in [0.5, 0.6) is 5.75 Å². The lowest BCUT2D eigenvalue weighted by Crippen LogP contribution is -2.23. The van der Waals surface area contributed by atoms with Crippen molar-refractivity contribution in [2.75, 3.05) is 0 Å². The molecule has 0 saturated carbocycles. The van der Waals surface area contributed by atoms with Gasteiger partial charge in [-0.3, -0.25) is 0 Å². The van der Waals surface area contributed by atoms with Crippen LogP contribution in [0.1, 0.15) is 37.3 Å². The third-order valence-corrected chi connectivity index (χ3v) is 6.95. The highest BCUT2D eigenvalue weighted by molar-refractivity contribution is 5.72. The van der Waals surface area contributed by atoms with Gasteiger partial charge in [0.25, 0.3) is 0 Å². The van der Waals surface area contributed by atoms with Gasteiger partial charge in [-0.15, -0.1) is 0 Å². The largest absolute Gasteiger partial charge is 0.429 e. The van der Waals surface area contributed by atoms with E-state index in [1.165, 1.54) is 12.1 Å². The standard InChI is InChI=1S/C34H26F6N2O/c1-2-3-4-5-21-19-41-33(42-20-21)23-8-6-22(7-9-23)24-10-13-27(30(36)16-24)25-11-14-28(31(37)17-25)34(39,40)43-26-12-15-29(35)32(38)18-26/h6-20H,2-5H2,1H3. The van der Waals surface area contributed by atoms with Crippen molar-refractivity contribution in [3.8, 4) is 39.4 Å². The molecular weight excluding hydrogens is 566 g/mol. The molecule has 9 heteroatoms. The smallest absolute Gasteiger partial charge is 0.429 e. The summed E-state index contributed by atoms with van der Waals surface area (Å²) in [6, 6.07) is 16.1. The number of aromatic nitrogens is 2. The number of aryl methyl sites for hydroxylation is 1. The quantitative estimate of drug-likeness (QED) is 0.120. The molecule has 0 amide bonds. The van der Waals surface area contributed by atoms with Gasteiger partial charge in [-0.25, -0.2) is 27.5 Å². The summed E-state index contributed by atoms with van der Waals surface area (Å²) in [6.45, 7) is 2.15. The molecule has 0 N–H and O–H groups in total. The average Bonchev–Trinajstić information content (AvgIpc) is 2.99. The van der Waals surface area contributed by atoms with E-state index in [2.05, 4.69) is 21.6 Å². The molecule has 0 unspecified atom stereocenters. The van der Waals surface area contributed by atoms with Crippen LogP contribution in [-0.4, -0.2) is 9.97 Å². The number of nitrogens with zero attached hydrogens (tertiary/aromatic N) is 2. The molecule has 0 radical (unpaired) electrons. The zero-order chi connectivity index (χ0) is 30.6. The highest BCUT2D eigenvalue weighted by atomic mass is 19.3. The Hall–Kier alpha value is -4.66. The molecule has 5 rings (SSSR count). The van der Waals surface area contributed by atoms with Crippen molar-refractivity contribution in [3.05, 3.63) is 126 Å². The monoisotopic (exact) mass is 592 g/mol. The third kappa shape index (κ3) is 6.88. The van der Waals surface area contributed by atoms with Gasteiger partial charge in [0.2, 0.25) is 0 Å². The summed E-state index contributed by atoms with van der Waals surface area (Å²) in [5.41, 5.74) is 2.06. The summed E-state index contributed by atoms with van der Waals surface area (Å²) >= 11 is 0. The Morgan fingerprint density at radius 2 is 1.28 bits per heavy atom. The van der Waals surface area contributed by atoms with E-state index >= 15 is 4.39 Å². The van der Waals surface area contributed by atoms with Crippen molar-refractivity contribution in [2.24, 2.45) is 0 Å². The SMILES string of the molecule is CCCCCc1cnc(-c2ccc(-c3ccc(-c4ccc(C(F)(F)Oc5ccc(F)c(F)c5)c(F)c4)c(F)c3)cc2)nc1. The van der Waals surface area contributed by atoms with Gasteiger partial charge in [0.1, 0.15) is 17.4 Å². The highest BCUT2D eigenvalue weighted by Crippen LogP contribution is 2.36. The number of halogens is 6. The number of alkyl halides is 2. The second-order valence-electron chi connectivity index (χ2n) is 10.0. The van der Waals surface area contributed by atoms with Gasteiger partial charge < -0.3 is 4.74 Å². The Morgan fingerprint density at radius 3 is 1.93 bits per heavy atom. The van der Waals surface area contributed by atoms with Crippen molar-refractivity contribution in [1.82, 2.24) is 9.97 Å². The van der Waals surface area contributed by atoms with Crippen LogP contribution in [0.2, 0.25) is 0 Å². The van der Waals surface area contributed by atoms with Crippen LogP contribution in [0.3, 0.4) is 0 Å². The number of rotatable bonds is 10. The van der Waals surface area contributed by atoms with Gasteiger partial charge >= 0.3 is 6.11 Å². The molecule has 1 aromatic heterocycles. The summed E-state index contributed by atoms with van der Waals surface area (Å²) in [4.78, 5) is 8.92. The first-order valence-electron chi connectivity index (χ1n) is 13.7. The molecule has 1 heterocycles. The number of hydrogen-bond acceptors (Lipinski definition) is 3. The second kappa shape index (κ2) is 12.7.